The average molecular weight is 276 g/mol. The van der Waals surface area contributed by atoms with Gasteiger partial charge >= 0.3 is 5.76 Å². The Morgan fingerprint density at radius 2 is 2.05 bits per heavy atom. The van der Waals surface area contributed by atoms with Crippen LogP contribution in [0.1, 0.15) is 13.8 Å². The van der Waals surface area contributed by atoms with E-state index < -0.39 is 0 Å². The van der Waals surface area contributed by atoms with Crippen molar-refractivity contribution in [3.63, 3.8) is 0 Å². The molecule has 1 aliphatic heterocycles. The van der Waals surface area contributed by atoms with Gasteiger partial charge in [-0.1, -0.05) is 12.1 Å². The summed E-state index contributed by atoms with van der Waals surface area (Å²) in [5.74, 6) is -0.278. The van der Waals surface area contributed by atoms with E-state index in [4.69, 9.17) is 9.15 Å². The predicted molar refractivity (Wildman–Crippen MR) is 76.9 cm³/mol. The second-order valence-corrected chi connectivity index (χ2v) is 5.48. The molecule has 0 N–H and O–H groups in total. The van der Waals surface area contributed by atoms with Crippen LogP contribution in [0.25, 0.3) is 11.1 Å². The van der Waals surface area contributed by atoms with Gasteiger partial charge in [0.05, 0.1) is 18.2 Å². The van der Waals surface area contributed by atoms with Crippen LogP contribution in [0.3, 0.4) is 0 Å². The van der Waals surface area contributed by atoms with Crippen LogP contribution in [0.15, 0.2) is 33.5 Å². The molecule has 1 aromatic carbocycles. The minimum atomic E-state index is -0.278. The fourth-order valence-corrected chi connectivity index (χ4v) is 2.74. The fourth-order valence-electron chi connectivity index (χ4n) is 2.74. The molecule has 1 fully saturated rings. The molecule has 0 spiro atoms. The first kappa shape index (κ1) is 13.4. The van der Waals surface area contributed by atoms with E-state index in [1.807, 2.05) is 24.3 Å². The number of ether oxygens (including phenoxy) is 1. The molecular formula is C15H20N2O3. The van der Waals surface area contributed by atoms with E-state index in [-0.39, 0.29) is 11.9 Å². The van der Waals surface area contributed by atoms with E-state index >= 15 is 0 Å². The standard InChI is InChI=1S/C15H20N2O3/c1-11-10-19-12(2)9-16(11)7-8-17-13-5-3-4-6-14(13)20-15(17)18/h3-6,11-12H,7-10H2,1-2H3/t11-,12-/m1/s1. The SMILES string of the molecule is C[C@@H]1CN(CCn2c(=O)oc3ccccc32)[C@H](C)CO1. The Hall–Kier alpha value is -1.59. The quantitative estimate of drug-likeness (QED) is 0.856. The number of morpholine rings is 1. The molecule has 0 amide bonds. The Bertz CT molecular complexity index is 646. The highest BCUT2D eigenvalue weighted by atomic mass is 16.5. The molecule has 5 heteroatoms. The molecule has 0 aliphatic carbocycles. The molecule has 0 unspecified atom stereocenters. The van der Waals surface area contributed by atoms with Crippen molar-refractivity contribution < 1.29 is 9.15 Å². The topological polar surface area (TPSA) is 47.6 Å². The van der Waals surface area contributed by atoms with Gasteiger partial charge in [0.25, 0.3) is 0 Å². The highest BCUT2D eigenvalue weighted by Crippen LogP contribution is 2.14. The number of hydrogen-bond acceptors (Lipinski definition) is 4. The summed E-state index contributed by atoms with van der Waals surface area (Å²) >= 11 is 0. The Kier molecular flexibility index (Phi) is 3.63. The van der Waals surface area contributed by atoms with E-state index in [2.05, 4.69) is 18.7 Å². The first-order valence-electron chi connectivity index (χ1n) is 7.09. The maximum atomic E-state index is 11.9. The minimum Gasteiger partial charge on any atom is -0.408 e. The summed E-state index contributed by atoms with van der Waals surface area (Å²) in [6, 6.07) is 7.94. The maximum absolute atomic E-state index is 11.9. The lowest BCUT2D eigenvalue weighted by atomic mass is 10.2. The largest absolute Gasteiger partial charge is 0.419 e. The van der Waals surface area contributed by atoms with Crippen LogP contribution in [-0.2, 0) is 11.3 Å². The smallest absolute Gasteiger partial charge is 0.408 e. The summed E-state index contributed by atoms with van der Waals surface area (Å²) in [5, 5.41) is 0. The van der Waals surface area contributed by atoms with E-state index in [0.717, 1.165) is 25.2 Å². The van der Waals surface area contributed by atoms with Gasteiger partial charge in [0.1, 0.15) is 0 Å². The lowest BCUT2D eigenvalue weighted by Crippen LogP contribution is -2.48. The van der Waals surface area contributed by atoms with Gasteiger partial charge in [0, 0.05) is 25.7 Å². The third kappa shape index (κ3) is 2.51. The zero-order valence-electron chi connectivity index (χ0n) is 11.9. The van der Waals surface area contributed by atoms with Gasteiger partial charge in [0.15, 0.2) is 5.58 Å². The lowest BCUT2D eigenvalue weighted by molar-refractivity contribution is -0.0502. The normalized spacial score (nSPS) is 24.3. The van der Waals surface area contributed by atoms with Crippen LogP contribution in [0, 0.1) is 0 Å². The molecule has 2 aromatic rings. The van der Waals surface area contributed by atoms with Crippen molar-refractivity contribution in [1.82, 2.24) is 9.47 Å². The molecule has 0 saturated carbocycles. The summed E-state index contributed by atoms with van der Waals surface area (Å²) in [5.41, 5.74) is 1.52. The fraction of sp³-hybridized carbons (Fsp3) is 0.533. The third-order valence-electron chi connectivity index (χ3n) is 3.92. The van der Waals surface area contributed by atoms with Crippen molar-refractivity contribution in [2.24, 2.45) is 0 Å². The average Bonchev–Trinajstić information content (AvgIpc) is 2.75. The Balaban J connectivity index is 1.77. The zero-order valence-corrected chi connectivity index (χ0v) is 11.9. The Morgan fingerprint density at radius 3 is 2.90 bits per heavy atom. The van der Waals surface area contributed by atoms with E-state index in [0.29, 0.717) is 18.2 Å². The van der Waals surface area contributed by atoms with E-state index in [9.17, 15) is 4.79 Å². The number of fused-ring (bicyclic) bond motifs is 1. The molecule has 3 rings (SSSR count). The van der Waals surface area contributed by atoms with Crippen molar-refractivity contribution in [1.29, 1.82) is 0 Å². The van der Waals surface area contributed by atoms with Gasteiger partial charge < -0.3 is 9.15 Å². The summed E-state index contributed by atoms with van der Waals surface area (Å²) in [6.45, 7) is 7.37. The minimum absolute atomic E-state index is 0.254. The number of nitrogens with zero attached hydrogens (tertiary/aromatic N) is 2. The molecule has 1 aliphatic rings. The first-order valence-corrected chi connectivity index (χ1v) is 7.09. The number of hydrogen-bond donors (Lipinski definition) is 0. The van der Waals surface area contributed by atoms with Crippen LogP contribution in [0.5, 0.6) is 0 Å². The predicted octanol–water partition coefficient (Wildman–Crippen LogP) is 1.70. The van der Waals surface area contributed by atoms with Crippen LogP contribution >= 0.6 is 0 Å². The molecule has 20 heavy (non-hydrogen) atoms. The van der Waals surface area contributed by atoms with Gasteiger partial charge in [-0.05, 0) is 26.0 Å². The van der Waals surface area contributed by atoms with Gasteiger partial charge in [-0.2, -0.15) is 0 Å². The van der Waals surface area contributed by atoms with E-state index in [1.54, 1.807) is 4.57 Å². The van der Waals surface area contributed by atoms with Gasteiger partial charge in [-0.25, -0.2) is 4.79 Å². The van der Waals surface area contributed by atoms with Crippen LogP contribution in [0.4, 0.5) is 0 Å². The molecule has 2 atom stereocenters. The van der Waals surface area contributed by atoms with Crippen molar-refractivity contribution in [3.05, 3.63) is 34.8 Å². The van der Waals surface area contributed by atoms with Crippen LogP contribution < -0.4 is 5.76 Å². The summed E-state index contributed by atoms with van der Waals surface area (Å²) in [4.78, 5) is 14.3. The van der Waals surface area contributed by atoms with Gasteiger partial charge in [-0.3, -0.25) is 9.47 Å². The Morgan fingerprint density at radius 1 is 1.25 bits per heavy atom. The summed E-state index contributed by atoms with van der Waals surface area (Å²) in [7, 11) is 0. The number of para-hydroxylation sites is 2. The number of benzene rings is 1. The van der Waals surface area contributed by atoms with Crippen molar-refractivity contribution in [2.75, 3.05) is 19.7 Å². The van der Waals surface area contributed by atoms with Gasteiger partial charge in [0.2, 0.25) is 0 Å². The second-order valence-electron chi connectivity index (χ2n) is 5.48. The highest BCUT2D eigenvalue weighted by molar-refractivity contribution is 5.72. The molecule has 0 radical (unpaired) electrons. The maximum Gasteiger partial charge on any atom is 0.419 e. The molecular weight excluding hydrogens is 256 g/mol. The number of aromatic nitrogens is 1. The van der Waals surface area contributed by atoms with Gasteiger partial charge in [-0.15, -0.1) is 0 Å². The van der Waals surface area contributed by atoms with E-state index in [1.165, 1.54) is 0 Å². The molecule has 0 bridgehead atoms. The molecule has 108 valence electrons. The summed E-state index contributed by atoms with van der Waals surface area (Å²) < 4.78 is 12.6. The van der Waals surface area contributed by atoms with Crippen LogP contribution in [0.2, 0.25) is 0 Å². The summed E-state index contributed by atoms with van der Waals surface area (Å²) in [6.07, 6.45) is 0.254. The van der Waals surface area contributed by atoms with Crippen molar-refractivity contribution >= 4 is 11.1 Å². The third-order valence-corrected chi connectivity index (χ3v) is 3.92. The molecule has 2 heterocycles. The molecule has 1 saturated heterocycles. The Labute approximate surface area is 117 Å². The lowest BCUT2D eigenvalue weighted by Gasteiger charge is -2.36. The second kappa shape index (κ2) is 5.42. The molecule has 5 nitrogen and oxygen atoms in total. The number of oxazole rings is 1. The van der Waals surface area contributed by atoms with Crippen molar-refractivity contribution in [3.8, 4) is 0 Å². The molecule has 1 aromatic heterocycles. The number of rotatable bonds is 3. The van der Waals surface area contributed by atoms with Crippen LogP contribution in [-0.4, -0.2) is 41.3 Å². The monoisotopic (exact) mass is 276 g/mol. The first-order chi connectivity index (χ1) is 9.65. The van der Waals surface area contributed by atoms with Crippen molar-refractivity contribution in [2.45, 2.75) is 32.5 Å². The zero-order chi connectivity index (χ0) is 14.1. The highest BCUT2D eigenvalue weighted by Gasteiger charge is 2.23.